The molecule has 0 amide bonds. The molecule has 2 rings (SSSR count). The van der Waals surface area contributed by atoms with Crippen molar-refractivity contribution < 1.29 is 0 Å². The molecule has 2 heterocycles. The normalized spacial score (nSPS) is 33.0. The van der Waals surface area contributed by atoms with Gasteiger partial charge < -0.3 is 4.90 Å². The molecule has 0 N–H and O–H groups in total. The molecule has 2 fully saturated rings. The van der Waals surface area contributed by atoms with Crippen LogP contribution in [0.2, 0.25) is 0 Å². The van der Waals surface area contributed by atoms with E-state index in [1.54, 1.807) is 0 Å². The highest BCUT2D eigenvalue weighted by molar-refractivity contribution is 5.85. The van der Waals surface area contributed by atoms with E-state index in [0.29, 0.717) is 0 Å². The Labute approximate surface area is 69.2 Å². The predicted octanol–water partition coefficient (Wildman–Crippen LogP) is 2.06. The molecular formula is C8H16ClN. The number of hydrogen-bond acceptors (Lipinski definition) is 1. The van der Waals surface area contributed by atoms with E-state index in [9.17, 15) is 0 Å². The number of fused-ring (bicyclic) bond motifs is 1. The van der Waals surface area contributed by atoms with Gasteiger partial charge in [-0.1, -0.05) is 6.42 Å². The highest BCUT2D eigenvalue weighted by Gasteiger charge is 2.25. The molecule has 0 spiro atoms. The fourth-order valence-corrected chi connectivity index (χ4v) is 2.21. The fourth-order valence-electron chi connectivity index (χ4n) is 2.21. The third-order valence-electron chi connectivity index (χ3n) is 2.73. The zero-order valence-electron chi connectivity index (χ0n) is 6.38. The third-order valence-corrected chi connectivity index (χ3v) is 2.73. The Morgan fingerprint density at radius 1 is 0.900 bits per heavy atom. The van der Waals surface area contributed by atoms with Crippen LogP contribution in [0, 0.1) is 0 Å². The van der Waals surface area contributed by atoms with Crippen molar-refractivity contribution in [3.8, 4) is 0 Å². The van der Waals surface area contributed by atoms with Gasteiger partial charge in [0.1, 0.15) is 0 Å². The molecule has 1 atom stereocenters. The maximum atomic E-state index is 2.67. The van der Waals surface area contributed by atoms with Gasteiger partial charge in [-0.05, 0) is 38.8 Å². The molecule has 0 aromatic carbocycles. The first-order valence-corrected chi connectivity index (χ1v) is 4.21. The number of nitrogens with zero attached hydrogens (tertiary/aromatic N) is 1. The zero-order chi connectivity index (χ0) is 6.10. The molecule has 1 nitrogen and oxygen atoms in total. The van der Waals surface area contributed by atoms with Crippen LogP contribution < -0.4 is 0 Å². The molecule has 0 radical (unpaired) electrons. The highest BCUT2D eigenvalue weighted by atomic mass is 35.5. The first kappa shape index (κ1) is 8.35. The van der Waals surface area contributed by atoms with Crippen molar-refractivity contribution in [2.45, 2.75) is 38.1 Å². The fraction of sp³-hybridized carbons (Fsp3) is 1.00. The second-order valence-corrected chi connectivity index (χ2v) is 3.33. The van der Waals surface area contributed by atoms with Gasteiger partial charge >= 0.3 is 0 Å². The predicted molar refractivity (Wildman–Crippen MR) is 45.7 cm³/mol. The van der Waals surface area contributed by atoms with Gasteiger partial charge in [-0.25, -0.2) is 0 Å². The van der Waals surface area contributed by atoms with Gasteiger partial charge in [0.2, 0.25) is 0 Å². The van der Waals surface area contributed by atoms with Crippen LogP contribution in [-0.4, -0.2) is 24.0 Å². The molecule has 10 heavy (non-hydrogen) atoms. The maximum Gasteiger partial charge on any atom is 0.00957 e. The summed E-state index contributed by atoms with van der Waals surface area (Å²) in [7, 11) is 0. The summed E-state index contributed by atoms with van der Waals surface area (Å²) < 4.78 is 0. The number of halogens is 1. The van der Waals surface area contributed by atoms with E-state index in [2.05, 4.69) is 4.90 Å². The second kappa shape index (κ2) is 3.59. The van der Waals surface area contributed by atoms with E-state index in [1.165, 1.54) is 45.2 Å². The van der Waals surface area contributed by atoms with E-state index < -0.39 is 0 Å². The highest BCUT2D eigenvalue weighted by Crippen LogP contribution is 2.25. The largest absolute Gasteiger partial charge is 0.300 e. The molecule has 2 saturated heterocycles. The van der Waals surface area contributed by atoms with Crippen molar-refractivity contribution in [2.24, 2.45) is 0 Å². The van der Waals surface area contributed by atoms with Gasteiger partial charge in [0, 0.05) is 6.04 Å². The zero-order valence-corrected chi connectivity index (χ0v) is 7.20. The Balaban J connectivity index is 0.000000500. The summed E-state index contributed by atoms with van der Waals surface area (Å²) in [5, 5.41) is 0. The molecule has 2 heteroatoms. The summed E-state index contributed by atoms with van der Waals surface area (Å²) in [5.74, 6) is 0. The Hall–Kier alpha value is 0.250. The van der Waals surface area contributed by atoms with Crippen LogP contribution in [0.5, 0.6) is 0 Å². The molecule has 0 aliphatic carbocycles. The van der Waals surface area contributed by atoms with Crippen LogP contribution in [0.15, 0.2) is 0 Å². The lowest BCUT2D eigenvalue weighted by atomic mass is 10.0. The topological polar surface area (TPSA) is 3.24 Å². The van der Waals surface area contributed by atoms with Gasteiger partial charge in [0.15, 0.2) is 0 Å². The van der Waals surface area contributed by atoms with E-state index in [1.807, 2.05) is 0 Å². The Kier molecular flexibility index (Phi) is 2.99. The van der Waals surface area contributed by atoms with E-state index in [4.69, 9.17) is 0 Å². The average molecular weight is 162 g/mol. The first-order valence-electron chi connectivity index (χ1n) is 4.21. The summed E-state index contributed by atoms with van der Waals surface area (Å²) in [4.78, 5) is 2.67. The minimum absolute atomic E-state index is 0. The molecular weight excluding hydrogens is 146 g/mol. The molecule has 2 aliphatic heterocycles. The summed E-state index contributed by atoms with van der Waals surface area (Å²) in [6.45, 7) is 2.79. The minimum atomic E-state index is 0. The van der Waals surface area contributed by atoms with Crippen LogP contribution in [0.1, 0.15) is 32.1 Å². The minimum Gasteiger partial charge on any atom is -0.300 e. The monoisotopic (exact) mass is 161 g/mol. The van der Waals surface area contributed by atoms with E-state index >= 15 is 0 Å². The number of piperidine rings is 1. The van der Waals surface area contributed by atoms with Crippen molar-refractivity contribution in [3.05, 3.63) is 0 Å². The van der Waals surface area contributed by atoms with Crippen LogP contribution in [-0.2, 0) is 0 Å². The van der Waals surface area contributed by atoms with Crippen molar-refractivity contribution in [2.75, 3.05) is 13.1 Å². The number of rotatable bonds is 0. The molecule has 0 bridgehead atoms. The molecule has 0 unspecified atom stereocenters. The van der Waals surface area contributed by atoms with Crippen molar-refractivity contribution >= 4 is 12.4 Å². The second-order valence-electron chi connectivity index (χ2n) is 3.33. The SMILES string of the molecule is C1CCN2CCC[C@H]2C1.Cl. The maximum absolute atomic E-state index is 2.67. The van der Waals surface area contributed by atoms with Crippen molar-refractivity contribution in [3.63, 3.8) is 0 Å². The van der Waals surface area contributed by atoms with Crippen LogP contribution in [0.25, 0.3) is 0 Å². The van der Waals surface area contributed by atoms with Crippen molar-refractivity contribution in [1.82, 2.24) is 4.90 Å². The van der Waals surface area contributed by atoms with Gasteiger partial charge in [-0.15, -0.1) is 12.4 Å². The van der Waals surface area contributed by atoms with Crippen molar-refractivity contribution in [1.29, 1.82) is 0 Å². The quantitative estimate of drug-likeness (QED) is 0.526. The van der Waals surface area contributed by atoms with E-state index in [-0.39, 0.29) is 12.4 Å². The van der Waals surface area contributed by atoms with Crippen LogP contribution in [0.4, 0.5) is 0 Å². The Morgan fingerprint density at radius 3 is 2.40 bits per heavy atom. The summed E-state index contributed by atoms with van der Waals surface area (Å²) in [5.41, 5.74) is 0. The first-order chi connectivity index (χ1) is 4.47. The van der Waals surface area contributed by atoms with Gasteiger partial charge in [0.05, 0.1) is 0 Å². The lowest BCUT2D eigenvalue weighted by Gasteiger charge is -2.28. The van der Waals surface area contributed by atoms with Crippen LogP contribution in [0.3, 0.4) is 0 Å². The number of hydrogen-bond donors (Lipinski definition) is 0. The van der Waals surface area contributed by atoms with Gasteiger partial charge in [-0.2, -0.15) is 0 Å². The molecule has 60 valence electrons. The standard InChI is InChI=1S/C8H15N.ClH/c1-2-6-9-7-3-5-8(9)4-1;/h8H,1-7H2;1H/t8-;/m1./s1. The van der Waals surface area contributed by atoms with Crippen LogP contribution >= 0.6 is 12.4 Å². The Morgan fingerprint density at radius 2 is 1.60 bits per heavy atom. The molecule has 0 saturated carbocycles. The lowest BCUT2D eigenvalue weighted by molar-refractivity contribution is 0.198. The van der Waals surface area contributed by atoms with Gasteiger partial charge in [0.25, 0.3) is 0 Å². The Bertz CT molecular complexity index is 93.4. The third kappa shape index (κ3) is 1.46. The lowest BCUT2D eigenvalue weighted by Crippen LogP contribution is -2.33. The molecule has 0 aromatic rings. The smallest absolute Gasteiger partial charge is 0.00957 e. The average Bonchev–Trinajstić information content (AvgIpc) is 2.33. The summed E-state index contributed by atoms with van der Waals surface area (Å²) >= 11 is 0. The summed E-state index contributed by atoms with van der Waals surface area (Å²) in [6.07, 6.45) is 7.38. The van der Waals surface area contributed by atoms with Gasteiger partial charge in [-0.3, -0.25) is 0 Å². The molecule has 0 aromatic heterocycles. The summed E-state index contributed by atoms with van der Waals surface area (Å²) in [6, 6.07) is 0.999. The van der Waals surface area contributed by atoms with E-state index in [0.717, 1.165) is 6.04 Å². The molecule has 2 aliphatic rings.